The van der Waals surface area contributed by atoms with Crippen LogP contribution in [0.1, 0.15) is 18.1 Å². The van der Waals surface area contributed by atoms with Crippen molar-refractivity contribution in [2.24, 2.45) is 0 Å². The molecule has 0 aromatic heterocycles. The summed E-state index contributed by atoms with van der Waals surface area (Å²) < 4.78 is 37.6. The first kappa shape index (κ1) is 24.5. The van der Waals surface area contributed by atoms with Crippen molar-refractivity contribution in [1.82, 2.24) is 14.5 Å². The quantitative estimate of drug-likeness (QED) is 0.599. The summed E-state index contributed by atoms with van der Waals surface area (Å²) in [4.78, 5) is 26.9. The first-order valence-electron chi connectivity index (χ1n) is 9.85. The lowest BCUT2D eigenvalue weighted by Crippen LogP contribution is -2.50. The summed E-state index contributed by atoms with van der Waals surface area (Å²) >= 11 is 0. The van der Waals surface area contributed by atoms with Gasteiger partial charge in [-0.2, -0.15) is 4.31 Å². The molecule has 2 aromatic carbocycles. The van der Waals surface area contributed by atoms with E-state index in [0.717, 1.165) is 16.1 Å². The Hall–Kier alpha value is -2.78. The summed E-state index contributed by atoms with van der Waals surface area (Å²) in [7, 11) is -2.27. The Kier molecular flexibility index (Phi) is 8.70. The van der Waals surface area contributed by atoms with Gasteiger partial charge in [0.1, 0.15) is 11.9 Å². The van der Waals surface area contributed by atoms with Crippen molar-refractivity contribution < 1.29 is 22.4 Å². The second-order valence-electron chi connectivity index (χ2n) is 7.37. The maximum absolute atomic E-state index is 13.2. The molecular weight excluding hydrogens is 421 g/mol. The second-order valence-corrected chi connectivity index (χ2v) is 9.46. The monoisotopic (exact) mass is 449 g/mol. The Balaban J connectivity index is 2.10. The molecule has 9 heteroatoms. The Labute approximate surface area is 182 Å². The van der Waals surface area contributed by atoms with Gasteiger partial charge in [0.2, 0.25) is 21.8 Å². The van der Waals surface area contributed by atoms with Crippen LogP contribution in [0.2, 0.25) is 0 Å². The molecule has 1 unspecified atom stereocenters. The van der Waals surface area contributed by atoms with Gasteiger partial charge in [0.05, 0.1) is 12.8 Å². The number of rotatable bonds is 10. The van der Waals surface area contributed by atoms with E-state index in [-0.39, 0.29) is 12.5 Å². The van der Waals surface area contributed by atoms with Crippen molar-refractivity contribution in [2.75, 3.05) is 26.4 Å². The van der Waals surface area contributed by atoms with Crippen LogP contribution in [0.3, 0.4) is 0 Å². The zero-order valence-electron chi connectivity index (χ0n) is 17.9. The highest BCUT2D eigenvalue weighted by molar-refractivity contribution is 7.88. The van der Waals surface area contributed by atoms with Gasteiger partial charge < -0.3 is 10.2 Å². The molecule has 2 aromatic rings. The van der Waals surface area contributed by atoms with Crippen LogP contribution in [-0.4, -0.2) is 61.9 Å². The standard InChI is InChI=1S/C22H28FN3O4S/c1-17(22(28)24-14-13-18-7-5-4-6-8-18)26(15-19-9-11-20(23)12-10-19)21(27)16-25(2)31(3,29)30/h4-12,17H,13-16H2,1-3H3,(H,24,28). The maximum atomic E-state index is 13.2. The Morgan fingerprint density at radius 2 is 1.65 bits per heavy atom. The van der Waals surface area contributed by atoms with Crippen LogP contribution in [0, 0.1) is 5.82 Å². The number of hydrogen-bond acceptors (Lipinski definition) is 4. The van der Waals surface area contributed by atoms with Crippen LogP contribution in [0.4, 0.5) is 4.39 Å². The number of benzene rings is 2. The molecule has 2 amide bonds. The minimum atomic E-state index is -3.56. The predicted octanol–water partition coefficient (Wildman–Crippen LogP) is 1.79. The van der Waals surface area contributed by atoms with E-state index < -0.39 is 34.3 Å². The number of amides is 2. The van der Waals surface area contributed by atoms with Gasteiger partial charge >= 0.3 is 0 Å². The molecule has 31 heavy (non-hydrogen) atoms. The molecular formula is C22H28FN3O4S. The highest BCUT2D eigenvalue weighted by Crippen LogP contribution is 2.12. The third-order valence-corrected chi connectivity index (χ3v) is 6.17. The maximum Gasteiger partial charge on any atom is 0.242 e. The molecule has 0 spiro atoms. The number of halogens is 1. The summed E-state index contributed by atoms with van der Waals surface area (Å²) in [6, 6.07) is 14.4. The summed E-state index contributed by atoms with van der Waals surface area (Å²) in [5.41, 5.74) is 1.70. The van der Waals surface area contributed by atoms with Crippen molar-refractivity contribution >= 4 is 21.8 Å². The molecule has 2 rings (SSSR count). The molecule has 0 aliphatic heterocycles. The van der Waals surface area contributed by atoms with Crippen LogP contribution in [0.15, 0.2) is 54.6 Å². The number of sulfonamides is 1. The van der Waals surface area contributed by atoms with E-state index in [2.05, 4.69) is 5.32 Å². The molecule has 0 bridgehead atoms. The predicted molar refractivity (Wildman–Crippen MR) is 117 cm³/mol. The van der Waals surface area contributed by atoms with Crippen molar-refractivity contribution in [3.05, 3.63) is 71.5 Å². The molecule has 0 saturated heterocycles. The SMILES string of the molecule is CC(C(=O)NCCc1ccccc1)N(Cc1ccc(F)cc1)C(=O)CN(C)S(C)(=O)=O. The van der Waals surface area contributed by atoms with E-state index in [0.29, 0.717) is 18.5 Å². The van der Waals surface area contributed by atoms with Gasteiger partial charge in [-0.1, -0.05) is 42.5 Å². The Morgan fingerprint density at radius 1 is 1.03 bits per heavy atom. The van der Waals surface area contributed by atoms with Crippen LogP contribution < -0.4 is 5.32 Å². The minimum absolute atomic E-state index is 0.0456. The summed E-state index contributed by atoms with van der Waals surface area (Å²) in [5.74, 6) is -1.29. The topological polar surface area (TPSA) is 86.8 Å². The van der Waals surface area contributed by atoms with Crippen molar-refractivity contribution in [2.45, 2.75) is 25.9 Å². The molecule has 7 nitrogen and oxygen atoms in total. The Bertz CT molecular complexity index is 982. The van der Waals surface area contributed by atoms with Crippen molar-refractivity contribution in [1.29, 1.82) is 0 Å². The molecule has 0 aliphatic rings. The van der Waals surface area contributed by atoms with E-state index in [1.165, 1.54) is 36.2 Å². The van der Waals surface area contributed by atoms with E-state index in [1.807, 2.05) is 30.3 Å². The smallest absolute Gasteiger partial charge is 0.242 e. The third kappa shape index (κ3) is 7.76. The van der Waals surface area contributed by atoms with Crippen LogP contribution in [-0.2, 0) is 32.6 Å². The molecule has 0 aliphatic carbocycles. The van der Waals surface area contributed by atoms with E-state index >= 15 is 0 Å². The summed E-state index contributed by atoms with van der Waals surface area (Å²) in [6.07, 6.45) is 1.65. The molecule has 0 radical (unpaired) electrons. The number of nitrogens with one attached hydrogen (secondary N) is 1. The van der Waals surface area contributed by atoms with E-state index in [4.69, 9.17) is 0 Å². The molecule has 0 saturated carbocycles. The van der Waals surface area contributed by atoms with Crippen LogP contribution in [0.5, 0.6) is 0 Å². The lowest BCUT2D eigenvalue weighted by Gasteiger charge is -2.30. The second kappa shape index (κ2) is 11.0. The van der Waals surface area contributed by atoms with Gasteiger partial charge in [-0.05, 0) is 36.6 Å². The first-order chi connectivity index (χ1) is 14.6. The van der Waals surface area contributed by atoms with E-state index in [9.17, 15) is 22.4 Å². The van der Waals surface area contributed by atoms with Crippen molar-refractivity contribution in [3.8, 4) is 0 Å². The average Bonchev–Trinajstić information content (AvgIpc) is 2.72. The molecule has 1 atom stereocenters. The van der Waals surface area contributed by atoms with E-state index in [1.54, 1.807) is 6.92 Å². The zero-order chi connectivity index (χ0) is 23.0. The fourth-order valence-corrected chi connectivity index (χ4v) is 3.24. The number of nitrogens with zero attached hydrogens (tertiary/aromatic N) is 2. The third-order valence-electron chi connectivity index (χ3n) is 4.91. The van der Waals surface area contributed by atoms with Gasteiger partial charge in [-0.15, -0.1) is 0 Å². The van der Waals surface area contributed by atoms with Crippen molar-refractivity contribution in [3.63, 3.8) is 0 Å². The van der Waals surface area contributed by atoms with Crippen LogP contribution in [0.25, 0.3) is 0 Å². The molecule has 0 heterocycles. The summed E-state index contributed by atoms with van der Waals surface area (Å²) in [5, 5.41) is 2.82. The van der Waals surface area contributed by atoms with Gasteiger partial charge in [0, 0.05) is 20.1 Å². The van der Waals surface area contributed by atoms with Gasteiger partial charge in [-0.3, -0.25) is 9.59 Å². The fraction of sp³-hybridized carbons (Fsp3) is 0.364. The minimum Gasteiger partial charge on any atom is -0.354 e. The average molecular weight is 450 g/mol. The number of likely N-dealkylation sites (N-methyl/N-ethyl adjacent to an activating group) is 1. The number of hydrogen-bond donors (Lipinski definition) is 1. The zero-order valence-corrected chi connectivity index (χ0v) is 18.7. The largest absolute Gasteiger partial charge is 0.354 e. The molecule has 1 N–H and O–H groups in total. The lowest BCUT2D eigenvalue weighted by molar-refractivity contribution is -0.140. The fourth-order valence-electron chi connectivity index (χ4n) is 2.89. The van der Waals surface area contributed by atoms with Gasteiger partial charge in [0.15, 0.2) is 0 Å². The van der Waals surface area contributed by atoms with Crippen LogP contribution >= 0.6 is 0 Å². The van der Waals surface area contributed by atoms with Gasteiger partial charge in [0.25, 0.3) is 0 Å². The Morgan fingerprint density at radius 3 is 2.23 bits per heavy atom. The van der Waals surface area contributed by atoms with Gasteiger partial charge in [-0.25, -0.2) is 12.8 Å². The highest BCUT2D eigenvalue weighted by atomic mass is 32.2. The lowest BCUT2D eigenvalue weighted by atomic mass is 10.1. The first-order valence-corrected chi connectivity index (χ1v) is 11.7. The normalized spacial score (nSPS) is 12.4. The molecule has 168 valence electrons. The number of carbonyl (C=O) groups is 2. The highest BCUT2D eigenvalue weighted by Gasteiger charge is 2.28. The molecule has 0 fully saturated rings. The summed E-state index contributed by atoms with van der Waals surface area (Å²) in [6.45, 7) is 1.63. The number of carbonyl (C=O) groups excluding carboxylic acids is 2.